The molecule has 4 nitrogen and oxygen atoms in total. The lowest BCUT2D eigenvalue weighted by molar-refractivity contribution is 0.340. The van der Waals surface area contributed by atoms with Crippen LogP contribution in [0.2, 0.25) is 0 Å². The van der Waals surface area contributed by atoms with Gasteiger partial charge >= 0.3 is 0 Å². The second-order valence-corrected chi connectivity index (χ2v) is 3.35. The van der Waals surface area contributed by atoms with Gasteiger partial charge in [0.2, 0.25) is 5.82 Å². The molecule has 5 heteroatoms. The molecule has 0 saturated heterocycles. The van der Waals surface area contributed by atoms with Gasteiger partial charge in [-0.3, -0.25) is 4.79 Å². The van der Waals surface area contributed by atoms with Crippen molar-refractivity contribution in [2.24, 2.45) is 0 Å². The van der Waals surface area contributed by atoms with E-state index in [2.05, 4.69) is 9.97 Å². The van der Waals surface area contributed by atoms with Crippen molar-refractivity contribution in [3.05, 3.63) is 46.8 Å². The summed E-state index contributed by atoms with van der Waals surface area (Å²) in [5.74, 6) is -0.182. The van der Waals surface area contributed by atoms with Crippen LogP contribution in [0.4, 0.5) is 4.39 Å². The zero-order chi connectivity index (χ0) is 12.3. The van der Waals surface area contributed by atoms with Gasteiger partial charge in [0.15, 0.2) is 0 Å². The van der Waals surface area contributed by atoms with Crippen LogP contribution in [0.5, 0.6) is 5.75 Å². The molecule has 0 aliphatic rings. The quantitative estimate of drug-likeness (QED) is 0.883. The van der Waals surface area contributed by atoms with E-state index in [4.69, 9.17) is 4.74 Å². The Morgan fingerprint density at radius 3 is 2.71 bits per heavy atom. The van der Waals surface area contributed by atoms with Crippen molar-refractivity contribution in [3.63, 3.8) is 0 Å². The molecule has 0 spiro atoms. The van der Waals surface area contributed by atoms with E-state index < -0.39 is 11.4 Å². The number of rotatable bonds is 3. The number of aromatic amines is 1. The first-order valence-electron chi connectivity index (χ1n) is 5.18. The average molecular weight is 234 g/mol. The second kappa shape index (κ2) is 4.78. The number of H-pyrrole nitrogens is 1. The van der Waals surface area contributed by atoms with Gasteiger partial charge in [-0.05, 0) is 31.2 Å². The number of hydrogen-bond acceptors (Lipinski definition) is 3. The largest absolute Gasteiger partial charge is 0.494 e. The summed E-state index contributed by atoms with van der Waals surface area (Å²) in [6.45, 7) is 2.45. The Morgan fingerprint density at radius 2 is 2.06 bits per heavy atom. The molecule has 2 aromatic rings. The third-order valence-corrected chi connectivity index (χ3v) is 2.24. The highest BCUT2D eigenvalue weighted by atomic mass is 19.1. The Hall–Kier alpha value is -2.17. The molecule has 1 heterocycles. The maximum absolute atomic E-state index is 13.5. The van der Waals surface area contributed by atoms with E-state index in [1.54, 1.807) is 24.3 Å². The molecule has 1 aromatic heterocycles. The van der Waals surface area contributed by atoms with Crippen molar-refractivity contribution in [2.45, 2.75) is 6.92 Å². The summed E-state index contributed by atoms with van der Waals surface area (Å²) in [5, 5.41) is 0. The van der Waals surface area contributed by atoms with Crippen LogP contribution in [0.3, 0.4) is 0 Å². The molecule has 1 N–H and O–H groups in total. The molecule has 0 aliphatic carbocycles. The van der Waals surface area contributed by atoms with Crippen molar-refractivity contribution in [1.82, 2.24) is 9.97 Å². The molecule has 0 aliphatic heterocycles. The summed E-state index contributed by atoms with van der Waals surface area (Å²) >= 11 is 0. The average Bonchev–Trinajstić information content (AvgIpc) is 2.34. The van der Waals surface area contributed by atoms with Gasteiger partial charge in [-0.25, -0.2) is 4.98 Å². The molecule has 0 fully saturated rings. The smallest absolute Gasteiger partial charge is 0.287 e. The SMILES string of the molecule is CCOc1ccc(-c2nc[nH]c(=O)c2F)cc1. The lowest BCUT2D eigenvalue weighted by Crippen LogP contribution is -2.12. The number of halogens is 1. The first-order valence-corrected chi connectivity index (χ1v) is 5.18. The van der Waals surface area contributed by atoms with E-state index in [-0.39, 0.29) is 5.69 Å². The molecule has 0 bridgehead atoms. The maximum atomic E-state index is 13.5. The van der Waals surface area contributed by atoms with Crippen LogP contribution >= 0.6 is 0 Å². The fraction of sp³-hybridized carbons (Fsp3) is 0.167. The van der Waals surface area contributed by atoms with Crippen LogP contribution in [-0.4, -0.2) is 16.6 Å². The van der Waals surface area contributed by atoms with E-state index in [9.17, 15) is 9.18 Å². The standard InChI is InChI=1S/C12H11FN2O2/c1-2-17-9-5-3-8(4-6-9)11-10(13)12(16)15-7-14-11/h3-7H,2H2,1H3,(H,14,15,16). The number of benzene rings is 1. The third-order valence-electron chi connectivity index (χ3n) is 2.24. The summed E-state index contributed by atoms with van der Waals surface area (Å²) < 4.78 is 18.8. The molecule has 2 rings (SSSR count). The predicted octanol–water partition coefficient (Wildman–Crippen LogP) is 1.97. The van der Waals surface area contributed by atoms with E-state index in [0.29, 0.717) is 17.9 Å². The molecule has 0 saturated carbocycles. The minimum Gasteiger partial charge on any atom is -0.494 e. The van der Waals surface area contributed by atoms with Crippen LogP contribution in [0.15, 0.2) is 35.4 Å². The van der Waals surface area contributed by atoms with Gasteiger partial charge in [-0.15, -0.1) is 0 Å². The number of nitrogens with zero attached hydrogens (tertiary/aromatic N) is 1. The molecule has 0 radical (unpaired) electrons. The van der Waals surface area contributed by atoms with Gasteiger partial charge in [0, 0.05) is 5.56 Å². The minimum atomic E-state index is -0.878. The van der Waals surface area contributed by atoms with Crippen molar-refractivity contribution < 1.29 is 9.13 Å². The highest BCUT2D eigenvalue weighted by Crippen LogP contribution is 2.21. The summed E-state index contributed by atoms with van der Waals surface area (Å²) in [5.41, 5.74) is -0.197. The van der Waals surface area contributed by atoms with E-state index in [0.717, 1.165) is 0 Å². The van der Waals surface area contributed by atoms with Crippen molar-refractivity contribution in [3.8, 4) is 17.0 Å². The summed E-state index contributed by atoms with van der Waals surface area (Å²) in [7, 11) is 0. The third kappa shape index (κ3) is 2.33. The van der Waals surface area contributed by atoms with Crippen molar-refractivity contribution >= 4 is 0 Å². The van der Waals surface area contributed by atoms with Crippen LogP contribution in [0, 0.1) is 5.82 Å². The summed E-state index contributed by atoms with van der Waals surface area (Å²) in [6, 6.07) is 6.74. The zero-order valence-electron chi connectivity index (χ0n) is 9.24. The zero-order valence-corrected chi connectivity index (χ0v) is 9.24. The van der Waals surface area contributed by atoms with Crippen LogP contribution in [0.25, 0.3) is 11.3 Å². The lowest BCUT2D eigenvalue weighted by atomic mass is 10.1. The molecular weight excluding hydrogens is 223 g/mol. The highest BCUT2D eigenvalue weighted by molar-refractivity contribution is 5.60. The van der Waals surface area contributed by atoms with Gasteiger partial charge in [0.1, 0.15) is 11.4 Å². The topological polar surface area (TPSA) is 55.0 Å². The minimum absolute atomic E-state index is 0.0387. The molecular formula is C12H11FN2O2. The first-order chi connectivity index (χ1) is 8.22. The first kappa shape index (κ1) is 11.3. The van der Waals surface area contributed by atoms with E-state index in [1.807, 2.05) is 6.92 Å². The number of aromatic nitrogens is 2. The maximum Gasteiger partial charge on any atom is 0.287 e. The molecule has 0 unspecified atom stereocenters. The predicted molar refractivity (Wildman–Crippen MR) is 61.4 cm³/mol. The molecule has 0 amide bonds. The molecule has 17 heavy (non-hydrogen) atoms. The highest BCUT2D eigenvalue weighted by Gasteiger charge is 2.09. The van der Waals surface area contributed by atoms with Crippen molar-refractivity contribution in [1.29, 1.82) is 0 Å². The molecule has 0 atom stereocenters. The Labute approximate surface area is 97.1 Å². The number of ether oxygens (including phenoxy) is 1. The van der Waals surface area contributed by atoms with Crippen LogP contribution in [-0.2, 0) is 0 Å². The van der Waals surface area contributed by atoms with Gasteiger partial charge in [0.25, 0.3) is 5.56 Å². The van der Waals surface area contributed by atoms with E-state index >= 15 is 0 Å². The van der Waals surface area contributed by atoms with Gasteiger partial charge in [0.05, 0.1) is 12.9 Å². The van der Waals surface area contributed by atoms with Gasteiger partial charge < -0.3 is 9.72 Å². The normalized spacial score (nSPS) is 10.2. The van der Waals surface area contributed by atoms with Crippen molar-refractivity contribution in [2.75, 3.05) is 6.61 Å². The van der Waals surface area contributed by atoms with Crippen LogP contribution in [0.1, 0.15) is 6.92 Å². The summed E-state index contributed by atoms with van der Waals surface area (Å²) in [4.78, 5) is 17.1. The van der Waals surface area contributed by atoms with Crippen LogP contribution < -0.4 is 10.3 Å². The monoisotopic (exact) mass is 234 g/mol. The van der Waals surface area contributed by atoms with Gasteiger partial charge in [-0.2, -0.15) is 4.39 Å². The Morgan fingerprint density at radius 1 is 1.35 bits per heavy atom. The second-order valence-electron chi connectivity index (χ2n) is 3.35. The lowest BCUT2D eigenvalue weighted by Gasteiger charge is -2.04. The fourth-order valence-electron chi connectivity index (χ4n) is 1.46. The fourth-order valence-corrected chi connectivity index (χ4v) is 1.46. The van der Waals surface area contributed by atoms with E-state index in [1.165, 1.54) is 6.33 Å². The Kier molecular flexibility index (Phi) is 3.18. The Balaban J connectivity index is 2.40. The number of nitrogens with one attached hydrogen (secondary N) is 1. The molecule has 1 aromatic carbocycles. The Bertz CT molecular complexity index is 563. The summed E-state index contributed by atoms with van der Waals surface area (Å²) in [6.07, 6.45) is 1.18. The van der Waals surface area contributed by atoms with Gasteiger partial charge in [-0.1, -0.05) is 0 Å². The molecule has 88 valence electrons. The number of hydrogen-bond donors (Lipinski definition) is 1.